The van der Waals surface area contributed by atoms with Crippen LogP contribution in [0, 0.1) is 17.0 Å². The van der Waals surface area contributed by atoms with Crippen LogP contribution in [-0.2, 0) is 6.61 Å². The van der Waals surface area contributed by atoms with Crippen LogP contribution in [0.15, 0.2) is 52.9 Å². The fourth-order valence-electron chi connectivity index (χ4n) is 2.41. The van der Waals surface area contributed by atoms with E-state index in [1.807, 2.05) is 18.4 Å². The lowest BCUT2D eigenvalue weighted by Crippen LogP contribution is -1.99. The van der Waals surface area contributed by atoms with Gasteiger partial charge in [-0.15, -0.1) is 11.3 Å². The van der Waals surface area contributed by atoms with Gasteiger partial charge < -0.3 is 9.47 Å². The van der Waals surface area contributed by atoms with Crippen molar-refractivity contribution in [1.82, 2.24) is 4.98 Å². The van der Waals surface area contributed by atoms with Gasteiger partial charge in [-0.1, -0.05) is 12.1 Å². The Morgan fingerprint density at radius 3 is 2.82 bits per heavy atom. The molecule has 0 spiro atoms. The zero-order chi connectivity index (χ0) is 19.9. The first kappa shape index (κ1) is 19.3. The van der Waals surface area contributed by atoms with Crippen LogP contribution in [0.2, 0.25) is 0 Å². The smallest absolute Gasteiger partial charge is 0.294 e. The SMILES string of the molecule is COc1cc(/C=N\Nc2ccccc2[N+](=O)[O-])ccc1OCc1csc(C)n1. The van der Waals surface area contributed by atoms with Crippen molar-refractivity contribution in [3.63, 3.8) is 0 Å². The van der Waals surface area contributed by atoms with Crippen molar-refractivity contribution in [2.24, 2.45) is 5.10 Å². The molecule has 9 heteroatoms. The first-order valence-electron chi connectivity index (χ1n) is 8.31. The third kappa shape index (κ3) is 4.83. The maximum absolute atomic E-state index is 11.0. The fourth-order valence-corrected chi connectivity index (χ4v) is 3.01. The molecule has 0 unspecified atom stereocenters. The molecule has 2 aromatic carbocycles. The molecule has 0 atom stereocenters. The van der Waals surface area contributed by atoms with Gasteiger partial charge in [0, 0.05) is 11.4 Å². The Balaban J connectivity index is 1.68. The van der Waals surface area contributed by atoms with E-state index in [2.05, 4.69) is 15.5 Å². The molecule has 0 saturated heterocycles. The zero-order valence-electron chi connectivity index (χ0n) is 15.3. The first-order chi connectivity index (χ1) is 13.6. The van der Waals surface area contributed by atoms with Crippen molar-refractivity contribution in [3.8, 4) is 11.5 Å². The standard InChI is InChI=1S/C19H18N4O4S/c1-13-21-15(12-28-13)11-27-18-8-7-14(9-19(18)26-2)10-20-22-16-5-3-4-6-17(16)23(24)25/h3-10,12,22H,11H2,1-2H3/b20-10-. The molecule has 0 aliphatic carbocycles. The number of methoxy groups -OCH3 is 1. The maximum Gasteiger partial charge on any atom is 0.294 e. The van der Waals surface area contributed by atoms with E-state index in [9.17, 15) is 10.1 Å². The molecule has 3 aromatic rings. The predicted octanol–water partition coefficient (Wildman–Crippen LogP) is 4.39. The number of nitro groups is 1. The van der Waals surface area contributed by atoms with Crippen molar-refractivity contribution in [1.29, 1.82) is 0 Å². The minimum absolute atomic E-state index is 0.0433. The summed E-state index contributed by atoms with van der Waals surface area (Å²) in [6, 6.07) is 11.7. The second kappa shape index (κ2) is 8.96. The van der Waals surface area contributed by atoms with Crippen molar-refractivity contribution in [3.05, 3.63) is 74.2 Å². The van der Waals surface area contributed by atoms with E-state index in [1.165, 1.54) is 6.07 Å². The summed E-state index contributed by atoms with van der Waals surface area (Å²) in [5.74, 6) is 1.15. The van der Waals surface area contributed by atoms with E-state index in [0.29, 0.717) is 23.8 Å². The number of thiazole rings is 1. The highest BCUT2D eigenvalue weighted by molar-refractivity contribution is 7.09. The quantitative estimate of drug-likeness (QED) is 0.343. The number of rotatable bonds is 8. The molecule has 0 radical (unpaired) electrons. The Morgan fingerprint density at radius 1 is 1.29 bits per heavy atom. The lowest BCUT2D eigenvalue weighted by atomic mass is 10.2. The van der Waals surface area contributed by atoms with Gasteiger partial charge in [0.15, 0.2) is 11.5 Å². The number of nitrogens with zero attached hydrogens (tertiary/aromatic N) is 3. The number of aromatic nitrogens is 1. The Labute approximate surface area is 165 Å². The molecule has 0 aliphatic rings. The van der Waals surface area contributed by atoms with Gasteiger partial charge in [0.1, 0.15) is 12.3 Å². The van der Waals surface area contributed by atoms with Crippen LogP contribution in [0.5, 0.6) is 11.5 Å². The van der Waals surface area contributed by atoms with Crippen molar-refractivity contribution in [2.75, 3.05) is 12.5 Å². The van der Waals surface area contributed by atoms with Gasteiger partial charge in [0.05, 0.1) is 28.9 Å². The average molecular weight is 398 g/mol. The topological polar surface area (TPSA) is 98.9 Å². The van der Waals surface area contributed by atoms with Crippen LogP contribution in [0.3, 0.4) is 0 Å². The number of aryl methyl sites for hydroxylation is 1. The van der Waals surface area contributed by atoms with Gasteiger partial charge in [-0.2, -0.15) is 5.10 Å². The molecular formula is C19H18N4O4S. The predicted molar refractivity (Wildman–Crippen MR) is 108 cm³/mol. The number of hydrazone groups is 1. The fraction of sp³-hybridized carbons (Fsp3) is 0.158. The first-order valence-corrected chi connectivity index (χ1v) is 9.19. The maximum atomic E-state index is 11.0. The van der Waals surface area contributed by atoms with E-state index < -0.39 is 4.92 Å². The number of anilines is 1. The van der Waals surface area contributed by atoms with Crippen molar-refractivity contribution in [2.45, 2.75) is 13.5 Å². The molecule has 0 saturated carbocycles. The Hall–Kier alpha value is -3.46. The highest BCUT2D eigenvalue weighted by Gasteiger charge is 2.11. The molecule has 0 fully saturated rings. The molecule has 144 valence electrons. The number of ether oxygens (including phenoxy) is 2. The lowest BCUT2D eigenvalue weighted by Gasteiger charge is -2.10. The van der Waals surface area contributed by atoms with E-state index in [-0.39, 0.29) is 5.69 Å². The highest BCUT2D eigenvalue weighted by Crippen LogP contribution is 2.29. The van der Waals surface area contributed by atoms with Crippen LogP contribution in [0.25, 0.3) is 0 Å². The second-order valence-corrected chi connectivity index (χ2v) is 6.76. The molecule has 1 heterocycles. The Kier molecular flexibility index (Phi) is 6.18. The molecule has 1 N–H and O–H groups in total. The Bertz CT molecular complexity index is 1000. The molecule has 0 bridgehead atoms. The summed E-state index contributed by atoms with van der Waals surface area (Å²) in [7, 11) is 1.56. The highest BCUT2D eigenvalue weighted by atomic mass is 32.1. The number of benzene rings is 2. The second-order valence-electron chi connectivity index (χ2n) is 5.70. The van der Waals surface area contributed by atoms with Crippen LogP contribution in [0.1, 0.15) is 16.3 Å². The van der Waals surface area contributed by atoms with Gasteiger partial charge >= 0.3 is 0 Å². The molecular weight excluding hydrogens is 380 g/mol. The number of hydrogen-bond acceptors (Lipinski definition) is 8. The molecule has 8 nitrogen and oxygen atoms in total. The third-order valence-corrected chi connectivity index (χ3v) is 4.55. The summed E-state index contributed by atoms with van der Waals surface area (Å²) in [5.41, 5.74) is 4.58. The summed E-state index contributed by atoms with van der Waals surface area (Å²) >= 11 is 1.57. The van der Waals surface area contributed by atoms with Crippen molar-refractivity contribution < 1.29 is 14.4 Å². The molecule has 0 aliphatic heterocycles. The minimum Gasteiger partial charge on any atom is -0.493 e. The monoisotopic (exact) mass is 398 g/mol. The normalized spacial score (nSPS) is 10.8. The van der Waals surface area contributed by atoms with Crippen LogP contribution in [0.4, 0.5) is 11.4 Å². The third-order valence-electron chi connectivity index (χ3n) is 3.73. The van der Waals surface area contributed by atoms with E-state index in [0.717, 1.165) is 16.3 Å². The van der Waals surface area contributed by atoms with Crippen molar-refractivity contribution >= 4 is 28.9 Å². The van der Waals surface area contributed by atoms with Gasteiger partial charge in [0.25, 0.3) is 5.69 Å². The zero-order valence-corrected chi connectivity index (χ0v) is 16.1. The summed E-state index contributed by atoms with van der Waals surface area (Å²) in [5, 5.41) is 18.0. The lowest BCUT2D eigenvalue weighted by molar-refractivity contribution is -0.384. The van der Waals surface area contributed by atoms with E-state index >= 15 is 0 Å². The molecule has 0 amide bonds. The van der Waals surface area contributed by atoms with Gasteiger partial charge in [-0.3, -0.25) is 15.5 Å². The molecule has 28 heavy (non-hydrogen) atoms. The van der Waals surface area contributed by atoms with E-state index in [1.54, 1.807) is 55.0 Å². The largest absolute Gasteiger partial charge is 0.493 e. The minimum atomic E-state index is -0.461. The summed E-state index contributed by atoms with van der Waals surface area (Å²) in [6.07, 6.45) is 1.55. The summed E-state index contributed by atoms with van der Waals surface area (Å²) in [4.78, 5) is 14.9. The van der Waals surface area contributed by atoms with E-state index in [4.69, 9.17) is 9.47 Å². The average Bonchev–Trinajstić information content (AvgIpc) is 3.12. The van der Waals surface area contributed by atoms with Crippen LogP contribution < -0.4 is 14.9 Å². The number of hydrogen-bond donors (Lipinski definition) is 1. The number of nitro benzene ring substituents is 1. The van der Waals surface area contributed by atoms with Gasteiger partial charge in [-0.05, 0) is 36.8 Å². The van der Waals surface area contributed by atoms with Gasteiger partial charge in [-0.25, -0.2) is 4.98 Å². The summed E-state index contributed by atoms with van der Waals surface area (Å²) in [6.45, 7) is 2.30. The summed E-state index contributed by atoms with van der Waals surface area (Å²) < 4.78 is 11.2. The van der Waals surface area contributed by atoms with Gasteiger partial charge in [0.2, 0.25) is 0 Å². The molecule has 1 aromatic heterocycles. The van der Waals surface area contributed by atoms with Crippen LogP contribution >= 0.6 is 11.3 Å². The number of nitrogens with one attached hydrogen (secondary N) is 1. The molecule has 3 rings (SSSR count). The Morgan fingerprint density at radius 2 is 2.11 bits per heavy atom. The number of para-hydroxylation sites is 2. The van der Waals surface area contributed by atoms with Crippen LogP contribution in [-0.4, -0.2) is 23.2 Å².